The van der Waals surface area contributed by atoms with Crippen LogP contribution >= 0.6 is 23.2 Å². The lowest BCUT2D eigenvalue weighted by Crippen LogP contribution is -2.53. The fourth-order valence-corrected chi connectivity index (χ4v) is 7.43. The lowest BCUT2D eigenvalue weighted by molar-refractivity contribution is -0.274. The van der Waals surface area contributed by atoms with Crippen LogP contribution in [0.1, 0.15) is 73.8 Å². The van der Waals surface area contributed by atoms with Crippen LogP contribution in [0.4, 0.5) is 29.2 Å². The van der Waals surface area contributed by atoms with Gasteiger partial charge < -0.3 is 20.1 Å². The van der Waals surface area contributed by atoms with Crippen molar-refractivity contribution in [3.63, 3.8) is 0 Å². The maximum absolute atomic E-state index is 14.6. The van der Waals surface area contributed by atoms with E-state index in [-0.39, 0.29) is 42.2 Å². The van der Waals surface area contributed by atoms with E-state index >= 15 is 0 Å². The van der Waals surface area contributed by atoms with Crippen LogP contribution in [0.5, 0.6) is 5.75 Å². The number of hydrogen-bond acceptors (Lipinski definition) is 8. The Morgan fingerprint density at radius 3 is 2.35 bits per heavy atom. The van der Waals surface area contributed by atoms with Gasteiger partial charge in [0, 0.05) is 19.0 Å². The number of esters is 1. The topological polar surface area (TPSA) is 145 Å². The van der Waals surface area contributed by atoms with Gasteiger partial charge in [-0.05, 0) is 87.6 Å². The molecule has 3 aliphatic rings. The number of anilines is 2. The van der Waals surface area contributed by atoms with Gasteiger partial charge in [0.05, 0.1) is 33.2 Å². The summed E-state index contributed by atoms with van der Waals surface area (Å²) in [4.78, 5) is 65.3. The third kappa shape index (κ3) is 7.08. The number of carbonyl (C=O) groups is 4. The normalized spacial score (nSPS) is 18.6. The van der Waals surface area contributed by atoms with Gasteiger partial charge in [-0.1, -0.05) is 35.3 Å². The Morgan fingerprint density at radius 1 is 1.02 bits per heavy atom. The summed E-state index contributed by atoms with van der Waals surface area (Å²) >= 11 is 12.2. The summed E-state index contributed by atoms with van der Waals surface area (Å²) in [6, 6.07) is 9.72. The molecular formula is C37H32Cl2F4N6O6. The molecule has 0 unspecified atom stereocenters. The molecule has 1 aliphatic heterocycles. The fraction of sp³-hybridized carbons (Fsp3) is 0.351. The van der Waals surface area contributed by atoms with Gasteiger partial charge in [0.25, 0.3) is 11.8 Å². The molecule has 0 saturated heterocycles. The van der Waals surface area contributed by atoms with Crippen molar-refractivity contribution in [3.8, 4) is 5.75 Å². The second-order valence-electron chi connectivity index (χ2n) is 14.5. The SMILES string of the molecule is CC(C)(C)OC(=O)CC[C@H](NC(=O)c1cnc2n1[C@]1(Cc3ccc(OC(F)(F)F)cc31)C(=O)N2c1cc(Cl)c(F)c(Cl)c1)C(=O)NC1(c2ccccn2)CC1. The number of fused-ring (bicyclic) bond motifs is 4. The molecule has 7 rings (SSSR count). The van der Waals surface area contributed by atoms with Crippen LogP contribution in [0.3, 0.4) is 0 Å². The summed E-state index contributed by atoms with van der Waals surface area (Å²) < 4.78 is 65.2. The molecule has 3 amide bonds. The molecule has 1 fully saturated rings. The lowest BCUT2D eigenvalue weighted by Gasteiger charge is -2.41. The minimum Gasteiger partial charge on any atom is -0.460 e. The van der Waals surface area contributed by atoms with E-state index in [0.29, 0.717) is 24.1 Å². The highest BCUT2D eigenvalue weighted by molar-refractivity contribution is 6.35. The molecule has 1 saturated carbocycles. The summed E-state index contributed by atoms with van der Waals surface area (Å²) in [6.45, 7) is 5.06. The van der Waals surface area contributed by atoms with E-state index in [2.05, 4.69) is 25.3 Å². The lowest BCUT2D eigenvalue weighted by atomic mass is 9.69. The van der Waals surface area contributed by atoms with E-state index in [0.717, 1.165) is 35.4 Å². The number of halogens is 6. The predicted molar refractivity (Wildman–Crippen MR) is 189 cm³/mol. The maximum Gasteiger partial charge on any atom is 0.573 e. The predicted octanol–water partition coefficient (Wildman–Crippen LogP) is 6.63. The molecule has 18 heteroatoms. The van der Waals surface area contributed by atoms with Gasteiger partial charge in [-0.3, -0.25) is 28.7 Å². The molecule has 2 aromatic heterocycles. The van der Waals surface area contributed by atoms with Crippen LogP contribution in [0, 0.1) is 5.82 Å². The summed E-state index contributed by atoms with van der Waals surface area (Å²) in [7, 11) is 0. The van der Waals surface area contributed by atoms with Gasteiger partial charge >= 0.3 is 12.3 Å². The van der Waals surface area contributed by atoms with Crippen molar-refractivity contribution < 1.29 is 46.2 Å². The van der Waals surface area contributed by atoms with Gasteiger partial charge in [0.15, 0.2) is 11.4 Å². The smallest absolute Gasteiger partial charge is 0.460 e. The van der Waals surface area contributed by atoms with Crippen LogP contribution < -0.4 is 20.3 Å². The highest BCUT2D eigenvalue weighted by Crippen LogP contribution is 2.54. The number of nitrogens with zero attached hydrogens (tertiary/aromatic N) is 4. The number of carbonyl (C=O) groups excluding carboxylic acids is 4. The van der Waals surface area contributed by atoms with Gasteiger partial charge in [0.2, 0.25) is 11.9 Å². The number of hydrogen-bond donors (Lipinski definition) is 2. The molecule has 288 valence electrons. The van der Waals surface area contributed by atoms with Gasteiger partial charge in [0.1, 0.15) is 23.1 Å². The Morgan fingerprint density at radius 2 is 1.73 bits per heavy atom. The molecule has 12 nitrogen and oxygen atoms in total. The average molecular weight is 804 g/mol. The number of alkyl halides is 3. The standard InChI is InChI=1S/C37H32Cl2F4N6O6/c1-34(2,3)55-28(50)10-9-25(30(51)47-35(11-12-35)27-6-4-5-13-44-27)46-31(52)26-18-45-33-48(20-14-23(38)29(40)24(39)15-20)32(53)36(49(26)33)17-19-7-8-21(16-22(19)36)54-37(41,42)43/h4-8,13-16,18,25H,9-12,17H2,1-3H3,(H,46,52)(H,47,51)/t25-,36-/m0/s1. The number of aromatic nitrogens is 3. The minimum atomic E-state index is -5.05. The number of imidazole rings is 1. The quantitative estimate of drug-likeness (QED) is 0.103. The molecule has 2 atom stereocenters. The third-order valence-electron chi connectivity index (χ3n) is 9.49. The van der Waals surface area contributed by atoms with Crippen molar-refractivity contribution in [2.75, 3.05) is 4.90 Å². The second-order valence-corrected chi connectivity index (χ2v) is 15.3. The molecule has 3 heterocycles. The molecule has 2 N–H and O–H groups in total. The molecule has 1 spiro atoms. The first-order chi connectivity index (χ1) is 25.8. The van der Waals surface area contributed by atoms with Gasteiger partial charge in [-0.25, -0.2) is 14.3 Å². The van der Waals surface area contributed by atoms with Crippen LogP contribution in [0.15, 0.2) is 60.9 Å². The van der Waals surface area contributed by atoms with Gasteiger partial charge in [-0.2, -0.15) is 0 Å². The van der Waals surface area contributed by atoms with Crippen molar-refractivity contribution in [1.82, 2.24) is 25.2 Å². The van der Waals surface area contributed by atoms with E-state index in [1.54, 1.807) is 45.2 Å². The zero-order chi connectivity index (χ0) is 39.7. The third-order valence-corrected chi connectivity index (χ3v) is 10.0. The van der Waals surface area contributed by atoms with Crippen LogP contribution in [-0.2, 0) is 36.6 Å². The molecule has 4 aromatic rings. The molecule has 2 aliphatic carbocycles. The highest BCUT2D eigenvalue weighted by Gasteiger charge is 2.61. The number of pyridine rings is 1. The Hall–Kier alpha value is -5.22. The van der Waals surface area contributed by atoms with Crippen molar-refractivity contribution in [1.29, 1.82) is 0 Å². The highest BCUT2D eigenvalue weighted by atomic mass is 35.5. The van der Waals surface area contributed by atoms with Crippen molar-refractivity contribution in [3.05, 3.63) is 99.3 Å². The summed E-state index contributed by atoms with van der Waals surface area (Å²) in [5.41, 5.74) is -2.55. The van der Waals surface area contributed by atoms with Crippen LogP contribution in [-0.4, -0.2) is 56.2 Å². The van der Waals surface area contributed by atoms with Crippen molar-refractivity contribution >= 4 is 58.5 Å². The molecule has 0 radical (unpaired) electrons. The minimum absolute atomic E-state index is 0.0351. The summed E-state index contributed by atoms with van der Waals surface area (Å²) in [5, 5.41) is 4.79. The van der Waals surface area contributed by atoms with E-state index in [1.165, 1.54) is 10.6 Å². The Balaban J connectivity index is 1.27. The van der Waals surface area contributed by atoms with E-state index in [1.807, 2.05) is 0 Å². The number of amides is 3. The molecule has 0 bridgehead atoms. The first-order valence-electron chi connectivity index (χ1n) is 17.0. The summed E-state index contributed by atoms with van der Waals surface area (Å²) in [6.07, 6.45) is -1.70. The largest absolute Gasteiger partial charge is 0.573 e. The number of nitrogens with one attached hydrogen (secondary N) is 2. The summed E-state index contributed by atoms with van der Waals surface area (Å²) in [5.74, 6) is -4.62. The fourth-order valence-electron chi connectivity index (χ4n) is 6.95. The van der Waals surface area contributed by atoms with Gasteiger partial charge in [-0.15, -0.1) is 13.2 Å². The molecule has 2 aromatic carbocycles. The van der Waals surface area contributed by atoms with Crippen LogP contribution in [0.2, 0.25) is 10.0 Å². The average Bonchev–Trinajstić information content (AvgIpc) is 3.67. The number of benzene rings is 2. The second kappa shape index (κ2) is 13.5. The zero-order valence-corrected chi connectivity index (χ0v) is 30.9. The van der Waals surface area contributed by atoms with Crippen molar-refractivity contribution in [2.45, 2.75) is 82.0 Å². The monoisotopic (exact) mass is 802 g/mol. The number of rotatable bonds is 10. The molecular weight excluding hydrogens is 771 g/mol. The molecule has 55 heavy (non-hydrogen) atoms. The Labute approximate surface area is 321 Å². The Kier molecular flexibility index (Phi) is 9.35. The maximum atomic E-state index is 14.6. The van der Waals surface area contributed by atoms with Crippen molar-refractivity contribution in [2.24, 2.45) is 0 Å². The first-order valence-corrected chi connectivity index (χ1v) is 17.8. The zero-order valence-electron chi connectivity index (χ0n) is 29.4. The number of ether oxygens (including phenoxy) is 2. The van der Waals surface area contributed by atoms with Crippen LogP contribution in [0.25, 0.3) is 0 Å². The van der Waals surface area contributed by atoms with E-state index in [9.17, 15) is 36.7 Å². The van der Waals surface area contributed by atoms with E-state index in [4.69, 9.17) is 27.9 Å². The van der Waals surface area contributed by atoms with E-state index < -0.39 is 74.4 Å². The first kappa shape index (κ1) is 38.1. The Bertz CT molecular complexity index is 2220.